The highest BCUT2D eigenvalue weighted by atomic mass is 16.3. The van der Waals surface area contributed by atoms with E-state index in [-0.39, 0.29) is 6.61 Å². The Morgan fingerprint density at radius 1 is 1.32 bits per heavy atom. The van der Waals surface area contributed by atoms with Gasteiger partial charge in [0.25, 0.3) is 0 Å². The molecule has 2 N–H and O–H groups in total. The van der Waals surface area contributed by atoms with Crippen LogP contribution in [-0.2, 0) is 0 Å². The minimum absolute atomic E-state index is 0.232. The Morgan fingerprint density at radius 3 is 2.74 bits per heavy atom. The molecule has 2 rings (SSSR count). The zero-order valence-electron chi connectivity index (χ0n) is 10.8. The number of aliphatic hydroxyl groups excluding tert-OH is 1. The monoisotopic (exact) mass is 254 g/mol. The van der Waals surface area contributed by atoms with Crippen molar-refractivity contribution >= 4 is 6.08 Å². The fourth-order valence-corrected chi connectivity index (χ4v) is 2.14. The molecule has 0 aliphatic heterocycles. The third kappa shape index (κ3) is 4.06. The van der Waals surface area contributed by atoms with Crippen molar-refractivity contribution in [3.8, 4) is 6.07 Å². The van der Waals surface area contributed by atoms with Crippen LogP contribution in [-0.4, -0.2) is 24.3 Å². The molecule has 0 unspecified atom stereocenters. The van der Waals surface area contributed by atoms with Gasteiger partial charge in [0.2, 0.25) is 0 Å². The van der Waals surface area contributed by atoms with Crippen LogP contribution in [0.3, 0.4) is 0 Å². The maximum Gasteiger partial charge on any atom is 0.0991 e. The molecule has 0 aromatic heterocycles. The summed E-state index contributed by atoms with van der Waals surface area (Å²) in [6.07, 6.45) is 9.28. The van der Waals surface area contributed by atoms with Crippen LogP contribution in [0.1, 0.15) is 17.5 Å². The van der Waals surface area contributed by atoms with Crippen LogP contribution in [0, 0.1) is 17.2 Å². The SMILES string of the molecule is N#Cc1ccc(/C=C/CN[C@@H]2C=C[C@H](CO)C2)cc1. The van der Waals surface area contributed by atoms with Crippen molar-refractivity contribution in [3.05, 3.63) is 53.6 Å². The number of rotatable bonds is 5. The first-order valence-corrected chi connectivity index (χ1v) is 6.51. The van der Waals surface area contributed by atoms with Crippen LogP contribution in [0.5, 0.6) is 0 Å². The molecule has 3 nitrogen and oxygen atoms in total. The molecule has 0 saturated heterocycles. The van der Waals surface area contributed by atoms with Gasteiger partial charge in [-0.3, -0.25) is 0 Å². The van der Waals surface area contributed by atoms with E-state index in [4.69, 9.17) is 10.4 Å². The number of nitrogens with one attached hydrogen (secondary N) is 1. The first kappa shape index (κ1) is 13.5. The Kier molecular flexibility index (Phi) is 4.91. The molecule has 0 fully saturated rings. The van der Waals surface area contributed by atoms with Gasteiger partial charge in [-0.25, -0.2) is 0 Å². The number of nitriles is 1. The fraction of sp³-hybridized carbons (Fsp3) is 0.312. The van der Waals surface area contributed by atoms with Gasteiger partial charge in [-0.15, -0.1) is 0 Å². The van der Waals surface area contributed by atoms with E-state index in [1.165, 1.54) is 0 Å². The molecular weight excluding hydrogens is 236 g/mol. The van der Waals surface area contributed by atoms with Gasteiger partial charge in [-0.2, -0.15) is 5.26 Å². The second kappa shape index (κ2) is 6.89. The summed E-state index contributed by atoms with van der Waals surface area (Å²) in [6, 6.07) is 9.98. The molecular formula is C16H18N2O. The van der Waals surface area contributed by atoms with Crippen LogP contribution in [0.2, 0.25) is 0 Å². The molecule has 0 radical (unpaired) electrons. The molecule has 1 aromatic carbocycles. The third-order valence-electron chi connectivity index (χ3n) is 3.25. The molecule has 3 heteroatoms. The van der Waals surface area contributed by atoms with Crippen molar-refractivity contribution in [2.45, 2.75) is 12.5 Å². The quantitative estimate of drug-likeness (QED) is 0.791. The summed E-state index contributed by atoms with van der Waals surface area (Å²) >= 11 is 0. The zero-order chi connectivity index (χ0) is 13.5. The highest BCUT2D eigenvalue weighted by Crippen LogP contribution is 2.16. The molecule has 0 saturated carbocycles. The second-order valence-corrected chi connectivity index (χ2v) is 4.71. The van der Waals surface area contributed by atoms with Gasteiger partial charge in [0, 0.05) is 25.1 Å². The van der Waals surface area contributed by atoms with Crippen LogP contribution >= 0.6 is 0 Å². The highest BCUT2D eigenvalue weighted by molar-refractivity contribution is 5.51. The third-order valence-corrected chi connectivity index (χ3v) is 3.25. The van der Waals surface area contributed by atoms with E-state index in [9.17, 15) is 0 Å². The molecule has 0 amide bonds. The predicted octanol–water partition coefficient (Wildman–Crippen LogP) is 2.10. The average molecular weight is 254 g/mol. The molecule has 1 aromatic rings. The Hall–Kier alpha value is -1.89. The van der Waals surface area contributed by atoms with Gasteiger partial charge < -0.3 is 10.4 Å². The molecule has 0 spiro atoms. The number of hydrogen-bond donors (Lipinski definition) is 2. The Labute approximate surface area is 113 Å². The number of nitrogens with zero attached hydrogens (tertiary/aromatic N) is 1. The number of aliphatic hydroxyl groups is 1. The molecule has 0 bridgehead atoms. The molecule has 1 aliphatic carbocycles. The lowest BCUT2D eigenvalue weighted by molar-refractivity contribution is 0.247. The second-order valence-electron chi connectivity index (χ2n) is 4.71. The Bertz CT molecular complexity index is 496. The summed E-state index contributed by atoms with van der Waals surface area (Å²) in [7, 11) is 0. The molecule has 2 atom stereocenters. The maximum absolute atomic E-state index is 9.03. The highest BCUT2D eigenvalue weighted by Gasteiger charge is 2.16. The van der Waals surface area contributed by atoms with E-state index in [1.807, 2.05) is 30.3 Å². The zero-order valence-corrected chi connectivity index (χ0v) is 10.8. The minimum atomic E-state index is 0.232. The average Bonchev–Trinajstić information content (AvgIpc) is 2.92. The maximum atomic E-state index is 9.03. The summed E-state index contributed by atoms with van der Waals surface area (Å²) in [5.41, 5.74) is 1.78. The van der Waals surface area contributed by atoms with Crippen LogP contribution < -0.4 is 5.32 Å². The topological polar surface area (TPSA) is 56.0 Å². The Morgan fingerprint density at radius 2 is 2.11 bits per heavy atom. The van der Waals surface area contributed by atoms with Crippen molar-refractivity contribution < 1.29 is 5.11 Å². The van der Waals surface area contributed by atoms with E-state index < -0.39 is 0 Å². The molecule has 98 valence electrons. The lowest BCUT2D eigenvalue weighted by Gasteiger charge is -2.10. The Balaban J connectivity index is 1.75. The lowest BCUT2D eigenvalue weighted by atomic mass is 10.1. The van der Waals surface area contributed by atoms with E-state index in [1.54, 1.807) is 0 Å². The first-order valence-electron chi connectivity index (χ1n) is 6.51. The van der Waals surface area contributed by atoms with Crippen molar-refractivity contribution in [2.75, 3.05) is 13.2 Å². The van der Waals surface area contributed by atoms with Gasteiger partial charge in [0.15, 0.2) is 0 Å². The summed E-state index contributed by atoms with van der Waals surface area (Å²) < 4.78 is 0. The summed E-state index contributed by atoms with van der Waals surface area (Å²) in [6.45, 7) is 1.03. The molecule has 1 aliphatic rings. The predicted molar refractivity (Wildman–Crippen MR) is 76.3 cm³/mol. The molecule has 19 heavy (non-hydrogen) atoms. The van der Waals surface area contributed by atoms with Gasteiger partial charge in [-0.1, -0.05) is 36.4 Å². The summed E-state index contributed by atoms with van der Waals surface area (Å²) in [5.74, 6) is 0.306. The van der Waals surface area contributed by atoms with Crippen LogP contribution in [0.4, 0.5) is 0 Å². The van der Waals surface area contributed by atoms with E-state index >= 15 is 0 Å². The standard InChI is InChI=1S/C16H18N2O/c17-11-14-5-3-13(4-6-14)2-1-9-18-16-8-7-15(10-16)12-19/h1-8,15-16,18-19H,9-10,12H2/b2-1+/t15-,16+/m0/s1. The van der Waals surface area contributed by atoms with Gasteiger partial charge >= 0.3 is 0 Å². The number of hydrogen-bond acceptors (Lipinski definition) is 3. The van der Waals surface area contributed by atoms with E-state index in [0.29, 0.717) is 17.5 Å². The number of benzene rings is 1. The van der Waals surface area contributed by atoms with Crippen LogP contribution in [0.25, 0.3) is 6.08 Å². The first-order chi connectivity index (χ1) is 9.31. The van der Waals surface area contributed by atoms with Gasteiger partial charge in [0.05, 0.1) is 11.6 Å². The van der Waals surface area contributed by atoms with Crippen molar-refractivity contribution in [1.29, 1.82) is 5.26 Å². The lowest BCUT2D eigenvalue weighted by Crippen LogP contribution is -2.26. The minimum Gasteiger partial charge on any atom is -0.396 e. The smallest absolute Gasteiger partial charge is 0.0991 e. The van der Waals surface area contributed by atoms with Crippen molar-refractivity contribution in [3.63, 3.8) is 0 Å². The summed E-state index contributed by atoms with van der Waals surface area (Å²) in [4.78, 5) is 0. The van der Waals surface area contributed by atoms with Gasteiger partial charge in [0.1, 0.15) is 0 Å². The normalized spacial score (nSPS) is 21.9. The van der Waals surface area contributed by atoms with E-state index in [2.05, 4.69) is 29.6 Å². The van der Waals surface area contributed by atoms with Crippen molar-refractivity contribution in [2.24, 2.45) is 5.92 Å². The van der Waals surface area contributed by atoms with Crippen LogP contribution in [0.15, 0.2) is 42.5 Å². The largest absolute Gasteiger partial charge is 0.396 e. The summed E-state index contributed by atoms with van der Waals surface area (Å²) in [5, 5.41) is 21.1. The van der Waals surface area contributed by atoms with Gasteiger partial charge in [-0.05, 0) is 24.1 Å². The van der Waals surface area contributed by atoms with Crippen molar-refractivity contribution in [1.82, 2.24) is 5.32 Å². The fourth-order valence-electron chi connectivity index (χ4n) is 2.14. The molecule has 0 heterocycles. The van der Waals surface area contributed by atoms with E-state index in [0.717, 1.165) is 18.5 Å².